The fourth-order valence-corrected chi connectivity index (χ4v) is 0. The first-order valence-corrected chi connectivity index (χ1v) is 0. The molecule has 0 heterocycles. The van der Waals surface area contributed by atoms with E-state index in [1.807, 2.05) is 0 Å². The standard InChI is InChI=1S/4CH3.4Fe.4H2S/h4*1H3;;;;;4*1H2/q4*-1;;;;;;;;/p-4. The maximum absolute atomic E-state index is 0. The van der Waals surface area contributed by atoms with Gasteiger partial charge in [-0.2, -0.15) is 0 Å². The molecule has 0 amide bonds. The van der Waals surface area contributed by atoms with Gasteiger partial charge in [-0.25, -0.2) is 0 Å². The molecule has 0 fully saturated rings. The number of hydrogen-bond acceptors (Lipinski definition) is 4. The van der Waals surface area contributed by atoms with Crippen LogP contribution in [0.25, 0.3) is 0 Å². The molecule has 0 aromatic rings. The second kappa shape index (κ2) is 217. The molecule has 0 saturated heterocycles. The van der Waals surface area contributed by atoms with Crippen molar-refractivity contribution in [3.8, 4) is 0 Å². The van der Waals surface area contributed by atoms with Gasteiger partial charge < -0.3 is 83.7 Å². The summed E-state index contributed by atoms with van der Waals surface area (Å²) in [6.45, 7) is 0. The van der Waals surface area contributed by atoms with Gasteiger partial charge in [0.15, 0.2) is 0 Å². The predicted octanol–water partition coefficient (Wildman–Crippen LogP) is 0.711. The Bertz CT molecular complexity index is 19.0. The number of hydrogen-bond donors (Lipinski definition) is 0. The van der Waals surface area contributed by atoms with E-state index in [4.69, 9.17) is 0 Å². The second-order valence-corrected chi connectivity index (χ2v) is 0. The van der Waals surface area contributed by atoms with Crippen molar-refractivity contribution in [2.24, 2.45) is 0 Å². The van der Waals surface area contributed by atoms with Gasteiger partial charge in [0.2, 0.25) is 0 Å². The van der Waals surface area contributed by atoms with E-state index >= 15 is 0 Å². The van der Waals surface area contributed by atoms with Crippen molar-refractivity contribution < 1.29 is 68.3 Å². The third kappa shape index (κ3) is 173. The molecule has 8 heteroatoms. The predicted molar refractivity (Wildman–Crippen MR) is 60.7 cm³/mol. The molecule has 0 bridgehead atoms. The van der Waals surface area contributed by atoms with E-state index in [2.05, 4.69) is 0 Å². The molecule has 12 heavy (non-hydrogen) atoms. The van der Waals surface area contributed by atoms with Crippen LogP contribution in [0.2, 0.25) is 0 Å². The van der Waals surface area contributed by atoms with E-state index in [1.165, 1.54) is 0 Å². The van der Waals surface area contributed by atoms with Crippen molar-refractivity contribution in [1.82, 2.24) is 0 Å². The van der Waals surface area contributed by atoms with Crippen molar-refractivity contribution in [3.63, 3.8) is 0 Å². The molecular weight excluding hydrogens is 400 g/mol. The molecule has 0 radical (unpaired) electrons. The van der Waals surface area contributed by atoms with Crippen molar-refractivity contribution in [1.29, 1.82) is 0 Å². The Hall–Kier alpha value is 3.48. The molecule has 0 atom stereocenters. The van der Waals surface area contributed by atoms with Crippen molar-refractivity contribution in [3.05, 3.63) is 29.7 Å². The van der Waals surface area contributed by atoms with Crippen LogP contribution in [0.1, 0.15) is 0 Å². The van der Waals surface area contributed by atoms with Gasteiger partial charge in [-0.15, -0.1) is 0 Å². The SMILES string of the molecule is [CH3-].[CH3-].[CH3-].[CH3-].[Fe].[Fe].[Fe].[Fe].[SH-].[SH-].[SH-].[SH-]. The van der Waals surface area contributed by atoms with E-state index < -0.39 is 0 Å². The third-order valence-electron chi connectivity index (χ3n) is 0. The second-order valence-electron chi connectivity index (χ2n) is 0. The molecule has 0 aromatic heterocycles. The number of rotatable bonds is 0. The Labute approximate surface area is 150 Å². The summed E-state index contributed by atoms with van der Waals surface area (Å²) in [5.74, 6) is 0. The Balaban J connectivity index is 0. The minimum atomic E-state index is 0. The topological polar surface area (TPSA) is 0 Å². The summed E-state index contributed by atoms with van der Waals surface area (Å²) in [6, 6.07) is 0. The molecule has 0 rings (SSSR count). The zero-order chi connectivity index (χ0) is 0. The summed E-state index contributed by atoms with van der Waals surface area (Å²) in [6.07, 6.45) is 0. The van der Waals surface area contributed by atoms with Crippen LogP contribution in [-0.2, 0) is 122 Å². The molecule has 0 unspecified atom stereocenters. The van der Waals surface area contributed by atoms with E-state index in [0.29, 0.717) is 0 Å². The van der Waals surface area contributed by atoms with E-state index in [9.17, 15) is 0 Å². The molecule has 0 spiro atoms. The van der Waals surface area contributed by atoms with E-state index in [1.54, 1.807) is 0 Å². The summed E-state index contributed by atoms with van der Waals surface area (Å²) in [4.78, 5) is 0. The summed E-state index contributed by atoms with van der Waals surface area (Å²) >= 11 is 0. The number of thiol groups is 4. The Kier molecular flexibility index (Phi) is 4860. The van der Waals surface area contributed by atoms with Crippen molar-refractivity contribution in [2.45, 2.75) is 0 Å². The van der Waals surface area contributed by atoms with Gasteiger partial charge in [0.25, 0.3) is 0 Å². The van der Waals surface area contributed by atoms with Crippen LogP contribution >= 0.6 is 0 Å². The molecule has 0 aliphatic heterocycles. The van der Waals surface area contributed by atoms with Crippen LogP contribution in [0.15, 0.2) is 0 Å². The summed E-state index contributed by atoms with van der Waals surface area (Å²) in [7, 11) is 0. The monoisotopic (exact) mass is 416 g/mol. The van der Waals surface area contributed by atoms with Crippen molar-refractivity contribution >= 4 is 54.0 Å². The Morgan fingerprint density at radius 1 is 0.250 bits per heavy atom. The van der Waals surface area contributed by atoms with Crippen LogP contribution in [0.4, 0.5) is 0 Å². The maximum atomic E-state index is 0. The molecular formula is C4H16Fe4S4-8. The Morgan fingerprint density at radius 2 is 0.250 bits per heavy atom. The molecule has 96 valence electrons. The molecule has 0 aliphatic carbocycles. The first-order valence-electron chi connectivity index (χ1n) is 0. The molecule has 0 nitrogen and oxygen atoms in total. The van der Waals surface area contributed by atoms with Crippen molar-refractivity contribution in [2.75, 3.05) is 0 Å². The minimum absolute atomic E-state index is 0. The summed E-state index contributed by atoms with van der Waals surface area (Å²) in [5.41, 5.74) is 0. The first kappa shape index (κ1) is 268. The average Bonchev–Trinajstić information content (AvgIpc) is 0. The summed E-state index contributed by atoms with van der Waals surface area (Å²) in [5, 5.41) is 0. The van der Waals surface area contributed by atoms with E-state index in [0.717, 1.165) is 0 Å². The van der Waals surface area contributed by atoms with Gasteiger partial charge in [-0.05, 0) is 0 Å². The Morgan fingerprint density at radius 3 is 0.250 bits per heavy atom. The van der Waals surface area contributed by atoms with Crippen LogP contribution in [-0.4, -0.2) is 0 Å². The quantitative estimate of drug-likeness (QED) is 0.247. The average molecular weight is 416 g/mol. The summed E-state index contributed by atoms with van der Waals surface area (Å²) < 4.78 is 0. The molecule has 0 aliphatic rings. The smallest absolute Gasteiger partial charge is 0 e. The fraction of sp³-hybridized carbons (Fsp3) is 0. The maximum Gasteiger partial charge on any atom is 0 e. The first-order chi connectivity index (χ1) is 0. The minimum Gasteiger partial charge on any atom is -0.813 e. The zero-order valence-corrected chi connectivity index (χ0v) is 15.2. The van der Waals surface area contributed by atoms with Gasteiger partial charge in [-0.1, -0.05) is 0 Å². The van der Waals surface area contributed by atoms with E-state index in [-0.39, 0.29) is 152 Å². The molecule has 0 N–H and O–H groups in total. The van der Waals surface area contributed by atoms with Gasteiger partial charge in [0.1, 0.15) is 0 Å². The molecule has 0 aromatic carbocycles. The van der Waals surface area contributed by atoms with Gasteiger partial charge in [0, 0.05) is 68.3 Å². The van der Waals surface area contributed by atoms with Gasteiger partial charge >= 0.3 is 0 Å². The third-order valence-corrected chi connectivity index (χ3v) is 0. The van der Waals surface area contributed by atoms with Crippen LogP contribution in [0, 0.1) is 29.7 Å². The van der Waals surface area contributed by atoms with Crippen LogP contribution in [0.5, 0.6) is 0 Å². The van der Waals surface area contributed by atoms with Gasteiger partial charge in [-0.3, -0.25) is 0 Å². The van der Waals surface area contributed by atoms with Crippen LogP contribution < -0.4 is 0 Å². The largest absolute Gasteiger partial charge is 0.813 e. The molecule has 0 saturated carbocycles. The zero-order valence-electron chi connectivity index (χ0n) is 7.20. The normalized spacial score (nSPS) is 0. The fourth-order valence-electron chi connectivity index (χ4n) is 0. The van der Waals surface area contributed by atoms with Crippen LogP contribution in [0.3, 0.4) is 0 Å². The van der Waals surface area contributed by atoms with Gasteiger partial charge in [0.05, 0.1) is 0 Å².